The van der Waals surface area contributed by atoms with Gasteiger partial charge in [0.25, 0.3) is 5.91 Å². The van der Waals surface area contributed by atoms with Crippen LogP contribution in [0.3, 0.4) is 0 Å². The number of aliphatic hydroxyl groups is 1. The van der Waals surface area contributed by atoms with Crippen LogP contribution >= 0.6 is 0 Å². The molecule has 1 aromatic carbocycles. The van der Waals surface area contributed by atoms with Gasteiger partial charge in [0, 0.05) is 30.0 Å². The molecule has 0 atom stereocenters. The number of nitrogens with zero attached hydrogens (tertiary/aromatic N) is 1. The van der Waals surface area contributed by atoms with E-state index in [2.05, 4.69) is 6.58 Å². The Labute approximate surface area is 112 Å². The van der Waals surface area contributed by atoms with Gasteiger partial charge in [0.1, 0.15) is 0 Å². The maximum atomic E-state index is 12.6. The number of carbonyl (C=O) groups excluding carboxylic acids is 1. The van der Waals surface area contributed by atoms with Gasteiger partial charge in [0.15, 0.2) is 0 Å². The highest BCUT2D eigenvalue weighted by molar-refractivity contribution is 6.09. The van der Waals surface area contributed by atoms with Crippen molar-refractivity contribution < 1.29 is 14.6 Å². The fraction of sp³-hybridized carbons (Fsp3) is 0.400. The normalized spacial score (nSPS) is 21.6. The Morgan fingerprint density at radius 3 is 2.47 bits per heavy atom. The molecule has 100 valence electrons. The number of hydrogen-bond acceptors (Lipinski definition) is 3. The molecule has 0 radical (unpaired) electrons. The number of carbonyl (C=O) groups is 1. The van der Waals surface area contributed by atoms with Crippen LogP contribution in [0, 0.1) is 0 Å². The van der Waals surface area contributed by atoms with Crippen molar-refractivity contribution in [2.24, 2.45) is 0 Å². The Kier molecular flexibility index (Phi) is 2.92. The Balaban J connectivity index is 2.03. The second-order valence-electron chi connectivity index (χ2n) is 5.13. The fourth-order valence-corrected chi connectivity index (χ4v) is 2.99. The van der Waals surface area contributed by atoms with Crippen molar-refractivity contribution in [1.82, 2.24) is 4.90 Å². The number of rotatable bonds is 2. The molecule has 1 aromatic rings. The van der Waals surface area contributed by atoms with Crippen LogP contribution in [0.4, 0.5) is 0 Å². The predicted octanol–water partition coefficient (Wildman–Crippen LogP) is 1.65. The molecule has 1 fully saturated rings. The average molecular weight is 259 g/mol. The largest absolute Gasteiger partial charge is 0.394 e. The van der Waals surface area contributed by atoms with Crippen molar-refractivity contribution in [2.75, 3.05) is 19.8 Å². The van der Waals surface area contributed by atoms with Crippen molar-refractivity contribution in [1.29, 1.82) is 0 Å². The van der Waals surface area contributed by atoms with Gasteiger partial charge in [0.2, 0.25) is 0 Å². The van der Waals surface area contributed by atoms with Crippen molar-refractivity contribution in [3.05, 3.63) is 42.0 Å². The van der Waals surface area contributed by atoms with Crippen LogP contribution in [-0.4, -0.2) is 41.3 Å². The standard InChI is InChI=1S/C15H17NO3/c1-11-12-4-2-3-5-13(12)14(18)16(11)15(10-17)6-8-19-9-7-15/h2-5,17H,1,6-10H2. The molecule has 0 spiro atoms. The first-order valence-electron chi connectivity index (χ1n) is 6.51. The van der Waals surface area contributed by atoms with E-state index in [4.69, 9.17) is 4.74 Å². The summed E-state index contributed by atoms with van der Waals surface area (Å²) in [5.74, 6) is -0.0587. The van der Waals surface area contributed by atoms with Gasteiger partial charge in [-0.3, -0.25) is 9.69 Å². The van der Waals surface area contributed by atoms with Gasteiger partial charge in [-0.15, -0.1) is 0 Å². The van der Waals surface area contributed by atoms with Crippen LogP contribution in [0.25, 0.3) is 5.70 Å². The zero-order valence-electron chi connectivity index (χ0n) is 10.8. The zero-order valence-corrected chi connectivity index (χ0v) is 10.8. The van der Waals surface area contributed by atoms with Crippen LogP contribution in [0.2, 0.25) is 0 Å². The molecule has 1 saturated heterocycles. The summed E-state index contributed by atoms with van der Waals surface area (Å²) in [5, 5.41) is 9.83. The highest BCUT2D eigenvalue weighted by Crippen LogP contribution is 2.40. The summed E-state index contributed by atoms with van der Waals surface area (Å²) in [5.41, 5.74) is 1.67. The minimum absolute atomic E-state index is 0.0587. The molecule has 2 heterocycles. The molecule has 0 unspecified atom stereocenters. The van der Waals surface area contributed by atoms with Crippen molar-refractivity contribution in [3.63, 3.8) is 0 Å². The highest BCUT2D eigenvalue weighted by Gasteiger charge is 2.46. The SMILES string of the molecule is C=C1c2ccccc2C(=O)N1C1(CO)CCOCC1. The minimum atomic E-state index is -0.564. The lowest BCUT2D eigenvalue weighted by atomic mass is 9.88. The quantitative estimate of drug-likeness (QED) is 0.878. The molecule has 0 saturated carbocycles. The Bertz CT molecular complexity index is 497. The molecule has 0 aromatic heterocycles. The van der Waals surface area contributed by atoms with Crippen molar-refractivity contribution in [2.45, 2.75) is 18.4 Å². The summed E-state index contributed by atoms with van der Waals surface area (Å²) >= 11 is 0. The number of aliphatic hydroxyl groups excluding tert-OH is 1. The molecule has 3 rings (SSSR count). The minimum Gasteiger partial charge on any atom is -0.394 e. The van der Waals surface area contributed by atoms with E-state index in [9.17, 15) is 9.90 Å². The van der Waals surface area contributed by atoms with Crippen LogP contribution in [0.5, 0.6) is 0 Å². The molecule has 2 aliphatic rings. The van der Waals surface area contributed by atoms with Gasteiger partial charge in [-0.2, -0.15) is 0 Å². The van der Waals surface area contributed by atoms with Gasteiger partial charge in [-0.25, -0.2) is 0 Å². The Hall–Kier alpha value is -1.65. The van der Waals surface area contributed by atoms with Gasteiger partial charge in [0.05, 0.1) is 12.1 Å². The summed E-state index contributed by atoms with van der Waals surface area (Å²) in [6, 6.07) is 7.47. The molecule has 19 heavy (non-hydrogen) atoms. The molecule has 1 amide bonds. The summed E-state index contributed by atoms with van der Waals surface area (Å²) in [6.07, 6.45) is 1.28. The third kappa shape index (κ3) is 1.71. The number of ether oxygens (including phenoxy) is 1. The van der Waals surface area contributed by atoms with Gasteiger partial charge >= 0.3 is 0 Å². The number of amides is 1. The Morgan fingerprint density at radius 2 is 1.89 bits per heavy atom. The maximum Gasteiger partial charge on any atom is 0.259 e. The smallest absolute Gasteiger partial charge is 0.259 e. The summed E-state index contributed by atoms with van der Waals surface area (Å²) in [6.45, 7) is 5.12. The molecular formula is C15H17NO3. The van der Waals surface area contributed by atoms with Gasteiger partial charge in [-0.05, 0) is 18.9 Å². The molecule has 4 heteroatoms. The monoisotopic (exact) mass is 259 g/mol. The number of benzene rings is 1. The molecule has 4 nitrogen and oxygen atoms in total. The number of fused-ring (bicyclic) bond motifs is 1. The van der Waals surface area contributed by atoms with E-state index < -0.39 is 5.54 Å². The fourth-order valence-electron chi connectivity index (χ4n) is 2.99. The van der Waals surface area contributed by atoms with E-state index >= 15 is 0 Å². The average Bonchev–Trinajstić information content (AvgIpc) is 2.73. The summed E-state index contributed by atoms with van der Waals surface area (Å²) < 4.78 is 5.35. The lowest BCUT2D eigenvalue weighted by Gasteiger charge is -2.43. The Morgan fingerprint density at radius 1 is 1.26 bits per heavy atom. The first-order chi connectivity index (χ1) is 9.19. The lowest BCUT2D eigenvalue weighted by molar-refractivity contribution is -0.0239. The van der Waals surface area contributed by atoms with Gasteiger partial charge < -0.3 is 9.84 Å². The van der Waals surface area contributed by atoms with E-state index in [1.165, 1.54) is 0 Å². The van der Waals surface area contributed by atoms with Crippen LogP contribution in [0.15, 0.2) is 30.8 Å². The van der Waals surface area contributed by atoms with Crippen LogP contribution in [-0.2, 0) is 4.74 Å². The second-order valence-corrected chi connectivity index (χ2v) is 5.13. The zero-order chi connectivity index (χ0) is 13.5. The predicted molar refractivity (Wildman–Crippen MR) is 71.5 cm³/mol. The van der Waals surface area contributed by atoms with E-state index in [0.29, 0.717) is 37.3 Å². The molecule has 1 N–H and O–H groups in total. The van der Waals surface area contributed by atoms with Crippen LogP contribution < -0.4 is 0 Å². The summed E-state index contributed by atoms with van der Waals surface area (Å²) in [7, 11) is 0. The van der Waals surface area contributed by atoms with E-state index in [-0.39, 0.29) is 12.5 Å². The molecular weight excluding hydrogens is 242 g/mol. The van der Waals surface area contributed by atoms with E-state index in [0.717, 1.165) is 5.56 Å². The van der Waals surface area contributed by atoms with E-state index in [1.807, 2.05) is 24.3 Å². The van der Waals surface area contributed by atoms with Crippen LogP contribution in [0.1, 0.15) is 28.8 Å². The second kappa shape index (κ2) is 4.47. The van der Waals surface area contributed by atoms with Crippen molar-refractivity contribution >= 4 is 11.6 Å². The van der Waals surface area contributed by atoms with Gasteiger partial charge in [-0.1, -0.05) is 24.8 Å². The lowest BCUT2D eigenvalue weighted by Crippen LogP contribution is -2.54. The first kappa shape index (κ1) is 12.4. The molecule has 0 aliphatic carbocycles. The maximum absolute atomic E-state index is 12.6. The van der Waals surface area contributed by atoms with Crippen molar-refractivity contribution in [3.8, 4) is 0 Å². The highest BCUT2D eigenvalue weighted by atomic mass is 16.5. The molecule has 0 bridgehead atoms. The van der Waals surface area contributed by atoms with E-state index in [1.54, 1.807) is 4.90 Å². The summed E-state index contributed by atoms with van der Waals surface area (Å²) in [4.78, 5) is 14.3. The third-order valence-electron chi connectivity index (χ3n) is 4.13. The number of hydrogen-bond donors (Lipinski definition) is 1. The first-order valence-corrected chi connectivity index (χ1v) is 6.51. The third-order valence-corrected chi connectivity index (χ3v) is 4.13. The molecule has 2 aliphatic heterocycles. The topological polar surface area (TPSA) is 49.8 Å².